The molecule has 1 heterocycles. The highest BCUT2D eigenvalue weighted by Crippen LogP contribution is 2.35. The summed E-state index contributed by atoms with van der Waals surface area (Å²) in [7, 11) is 1.38. The second kappa shape index (κ2) is 8.46. The Hall–Kier alpha value is -3.17. The largest absolute Gasteiger partial charge is 0.496 e. The first-order valence-corrected chi connectivity index (χ1v) is 9.36. The Morgan fingerprint density at radius 1 is 1.24 bits per heavy atom. The number of ketones is 1. The van der Waals surface area contributed by atoms with Crippen molar-refractivity contribution in [3.63, 3.8) is 0 Å². The van der Waals surface area contributed by atoms with E-state index in [4.69, 9.17) is 16.3 Å². The van der Waals surface area contributed by atoms with Crippen molar-refractivity contribution < 1.29 is 24.0 Å². The van der Waals surface area contributed by atoms with E-state index in [2.05, 4.69) is 0 Å². The smallest absolute Gasteiger partial charge is 0.293 e. The van der Waals surface area contributed by atoms with Crippen molar-refractivity contribution in [1.82, 2.24) is 4.90 Å². The van der Waals surface area contributed by atoms with Crippen molar-refractivity contribution in [3.8, 4) is 5.75 Å². The van der Waals surface area contributed by atoms with Gasteiger partial charge in [0.15, 0.2) is 5.78 Å². The van der Waals surface area contributed by atoms with Crippen LogP contribution in [-0.4, -0.2) is 40.4 Å². The molecule has 1 saturated heterocycles. The number of imide groups is 1. The fourth-order valence-corrected chi connectivity index (χ4v) is 3.55. The maximum Gasteiger partial charge on any atom is 0.293 e. The first-order chi connectivity index (χ1) is 13.8. The number of benzene rings is 2. The van der Waals surface area contributed by atoms with Gasteiger partial charge in [0.25, 0.3) is 16.8 Å². The van der Waals surface area contributed by atoms with Gasteiger partial charge in [-0.05, 0) is 48.2 Å². The molecule has 148 valence electrons. The highest BCUT2D eigenvalue weighted by atomic mass is 35.5. The lowest BCUT2D eigenvalue weighted by Gasteiger charge is -2.11. The molecule has 0 unspecified atom stereocenters. The number of Topliss-reactive ketones (excluding diaryl/α,β-unsaturated/α-hetero) is 1. The third-order valence-corrected chi connectivity index (χ3v) is 5.21. The van der Waals surface area contributed by atoms with Gasteiger partial charge in [0.2, 0.25) is 0 Å². The predicted octanol–water partition coefficient (Wildman–Crippen LogP) is 4.18. The minimum absolute atomic E-state index is 0.0395. The van der Waals surface area contributed by atoms with E-state index >= 15 is 0 Å². The average molecular weight is 433 g/mol. The van der Waals surface area contributed by atoms with Gasteiger partial charge in [-0.25, -0.2) is 0 Å². The number of nitro groups is 1. The molecule has 0 saturated carbocycles. The molecule has 0 N–H and O–H groups in total. The SMILES string of the molecule is COc1ccc([N+](=O)[O-])cc1/C=C1/SC(=O)N(CC(=O)c2ccc(Cl)cc2)C1=O. The molecule has 29 heavy (non-hydrogen) atoms. The number of halogens is 1. The molecule has 0 atom stereocenters. The summed E-state index contributed by atoms with van der Waals surface area (Å²) in [6, 6.07) is 10.0. The van der Waals surface area contributed by atoms with E-state index in [1.807, 2.05) is 0 Å². The molecule has 1 aliphatic heterocycles. The lowest BCUT2D eigenvalue weighted by atomic mass is 10.1. The first kappa shape index (κ1) is 20.6. The molecule has 3 rings (SSSR count). The van der Waals surface area contributed by atoms with Gasteiger partial charge in [-0.15, -0.1) is 0 Å². The van der Waals surface area contributed by atoms with E-state index in [1.54, 1.807) is 0 Å². The van der Waals surface area contributed by atoms with Gasteiger partial charge in [-0.1, -0.05) is 11.6 Å². The summed E-state index contributed by atoms with van der Waals surface area (Å²) < 4.78 is 5.16. The summed E-state index contributed by atoms with van der Waals surface area (Å²) in [5, 5.41) is 10.9. The zero-order valence-corrected chi connectivity index (χ0v) is 16.5. The second-order valence-electron chi connectivity index (χ2n) is 5.88. The van der Waals surface area contributed by atoms with Crippen LogP contribution >= 0.6 is 23.4 Å². The Balaban J connectivity index is 1.85. The molecule has 2 amide bonds. The van der Waals surface area contributed by atoms with E-state index in [9.17, 15) is 24.5 Å². The first-order valence-electron chi connectivity index (χ1n) is 8.16. The molecular weight excluding hydrogens is 420 g/mol. The molecule has 1 fully saturated rings. The van der Waals surface area contributed by atoms with Crippen molar-refractivity contribution in [2.75, 3.05) is 13.7 Å². The average Bonchev–Trinajstić information content (AvgIpc) is 2.95. The molecule has 2 aromatic rings. The molecular formula is C19H13ClN2O6S. The van der Waals surface area contributed by atoms with Gasteiger partial charge in [0.05, 0.1) is 23.5 Å². The van der Waals surface area contributed by atoms with Crippen molar-refractivity contribution in [1.29, 1.82) is 0 Å². The van der Waals surface area contributed by atoms with Crippen LogP contribution in [0.15, 0.2) is 47.4 Å². The van der Waals surface area contributed by atoms with E-state index in [0.717, 1.165) is 4.90 Å². The van der Waals surface area contributed by atoms with Crippen molar-refractivity contribution in [3.05, 3.63) is 73.6 Å². The van der Waals surface area contributed by atoms with Crippen LogP contribution in [0.4, 0.5) is 10.5 Å². The van der Waals surface area contributed by atoms with Crippen LogP contribution in [0, 0.1) is 10.1 Å². The number of thioether (sulfide) groups is 1. The van der Waals surface area contributed by atoms with E-state index in [0.29, 0.717) is 28.1 Å². The Kier molecular flexibility index (Phi) is 6.00. The van der Waals surface area contributed by atoms with Gasteiger partial charge in [-0.2, -0.15) is 0 Å². The molecule has 0 aliphatic carbocycles. The van der Waals surface area contributed by atoms with Crippen LogP contribution in [-0.2, 0) is 4.79 Å². The van der Waals surface area contributed by atoms with Crippen LogP contribution in [0.2, 0.25) is 5.02 Å². The van der Waals surface area contributed by atoms with E-state index < -0.39 is 28.4 Å². The van der Waals surface area contributed by atoms with E-state index in [1.165, 1.54) is 55.7 Å². The summed E-state index contributed by atoms with van der Waals surface area (Å²) in [5.74, 6) is -0.770. The Bertz CT molecular complexity index is 1050. The molecule has 8 nitrogen and oxygen atoms in total. The van der Waals surface area contributed by atoms with Gasteiger partial charge in [0, 0.05) is 28.3 Å². The quantitative estimate of drug-likeness (QED) is 0.291. The molecule has 0 radical (unpaired) electrons. The minimum atomic E-state index is -0.657. The molecule has 10 heteroatoms. The zero-order chi connectivity index (χ0) is 21.1. The highest BCUT2D eigenvalue weighted by molar-refractivity contribution is 8.18. The van der Waals surface area contributed by atoms with Crippen LogP contribution in [0.5, 0.6) is 5.75 Å². The number of nitrogens with zero attached hydrogens (tertiary/aromatic N) is 2. The molecule has 0 aromatic heterocycles. The lowest BCUT2D eigenvalue weighted by Crippen LogP contribution is -2.33. The number of amides is 2. The topological polar surface area (TPSA) is 107 Å². The Morgan fingerprint density at radius 3 is 2.55 bits per heavy atom. The van der Waals surface area contributed by atoms with Crippen molar-refractivity contribution >= 4 is 52.1 Å². The van der Waals surface area contributed by atoms with Crippen LogP contribution in [0.1, 0.15) is 15.9 Å². The fourth-order valence-electron chi connectivity index (χ4n) is 2.60. The number of methoxy groups -OCH3 is 1. The predicted molar refractivity (Wildman–Crippen MR) is 108 cm³/mol. The van der Waals surface area contributed by atoms with Gasteiger partial charge < -0.3 is 4.74 Å². The Labute approximate surface area is 174 Å². The standard InChI is InChI=1S/C19H13ClN2O6S/c1-28-16-7-6-14(22(26)27)8-12(16)9-17-18(24)21(19(25)29-17)10-15(23)11-2-4-13(20)5-3-11/h2-9H,10H2,1H3/b17-9+. The maximum absolute atomic E-state index is 12.6. The fraction of sp³-hybridized carbons (Fsp3) is 0.105. The third-order valence-electron chi connectivity index (χ3n) is 4.05. The number of carbonyl (C=O) groups is 3. The molecule has 2 aromatic carbocycles. The van der Waals surface area contributed by atoms with Crippen LogP contribution < -0.4 is 4.74 Å². The number of non-ortho nitro benzene ring substituents is 1. The van der Waals surface area contributed by atoms with E-state index in [-0.39, 0.29) is 16.2 Å². The number of rotatable bonds is 6. The number of nitro benzene ring substituents is 1. The normalized spacial score (nSPS) is 15.1. The Morgan fingerprint density at radius 2 is 1.93 bits per heavy atom. The van der Waals surface area contributed by atoms with Gasteiger partial charge in [-0.3, -0.25) is 29.4 Å². The summed E-state index contributed by atoms with van der Waals surface area (Å²) in [6.07, 6.45) is 1.34. The van der Waals surface area contributed by atoms with Crippen molar-refractivity contribution in [2.24, 2.45) is 0 Å². The summed E-state index contributed by atoms with van der Waals surface area (Å²) in [4.78, 5) is 48.5. The molecule has 0 spiro atoms. The number of carbonyl (C=O) groups excluding carboxylic acids is 3. The van der Waals surface area contributed by atoms with Crippen LogP contribution in [0.3, 0.4) is 0 Å². The highest BCUT2D eigenvalue weighted by Gasteiger charge is 2.36. The molecule has 0 bridgehead atoms. The zero-order valence-electron chi connectivity index (χ0n) is 15.0. The third kappa shape index (κ3) is 4.47. The van der Waals surface area contributed by atoms with Crippen LogP contribution in [0.25, 0.3) is 6.08 Å². The second-order valence-corrected chi connectivity index (χ2v) is 7.31. The van der Waals surface area contributed by atoms with Gasteiger partial charge in [0.1, 0.15) is 5.75 Å². The molecule has 1 aliphatic rings. The maximum atomic E-state index is 12.6. The summed E-state index contributed by atoms with van der Waals surface area (Å²) in [5.41, 5.74) is 0.406. The van der Waals surface area contributed by atoms with Crippen molar-refractivity contribution in [2.45, 2.75) is 0 Å². The number of hydrogen-bond acceptors (Lipinski definition) is 7. The lowest BCUT2D eigenvalue weighted by molar-refractivity contribution is -0.384. The summed E-state index contributed by atoms with van der Waals surface area (Å²) >= 11 is 6.44. The monoisotopic (exact) mass is 432 g/mol. The number of hydrogen-bond donors (Lipinski definition) is 0. The summed E-state index contributed by atoms with van der Waals surface area (Å²) in [6.45, 7) is -0.421. The minimum Gasteiger partial charge on any atom is -0.496 e. The van der Waals surface area contributed by atoms with Gasteiger partial charge >= 0.3 is 0 Å². The number of ether oxygens (including phenoxy) is 1.